The van der Waals surface area contributed by atoms with Gasteiger partial charge in [-0.05, 0) is 11.6 Å². The molecule has 3 aromatic carbocycles. The van der Waals surface area contributed by atoms with Crippen LogP contribution in [-0.2, 0) is 6.54 Å². The lowest BCUT2D eigenvalue weighted by Gasteiger charge is -2.05. The number of nitrogens with zero attached hydrogens (tertiary/aromatic N) is 4. The van der Waals surface area contributed by atoms with E-state index in [0.29, 0.717) is 11.0 Å². The van der Waals surface area contributed by atoms with E-state index in [1.54, 1.807) is 0 Å². The van der Waals surface area contributed by atoms with Crippen LogP contribution in [0.2, 0.25) is 5.15 Å². The number of anilines is 1. The number of aromatic nitrogens is 3. The second-order valence-electron chi connectivity index (χ2n) is 6.97. The number of benzene rings is 3. The predicted octanol–water partition coefficient (Wildman–Crippen LogP) is 5.73. The van der Waals surface area contributed by atoms with Gasteiger partial charge in [-0.1, -0.05) is 84.4 Å². The normalized spacial score (nSPS) is 11.5. The van der Waals surface area contributed by atoms with Crippen molar-refractivity contribution in [3.63, 3.8) is 0 Å². The average molecular weight is 412 g/mol. The fraction of sp³-hybridized carbons (Fsp3) is 0.0417. The van der Waals surface area contributed by atoms with Crippen molar-refractivity contribution in [3.8, 4) is 0 Å². The minimum atomic E-state index is 0.379. The maximum absolute atomic E-state index is 6.15. The molecule has 1 N–H and O–H groups in total. The van der Waals surface area contributed by atoms with Gasteiger partial charge in [-0.2, -0.15) is 5.10 Å². The lowest BCUT2D eigenvalue weighted by molar-refractivity contribution is 0.836. The molecule has 0 bridgehead atoms. The van der Waals surface area contributed by atoms with Crippen molar-refractivity contribution < 1.29 is 0 Å². The topological polar surface area (TPSA) is 55.1 Å². The van der Waals surface area contributed by atoms with Crippen molar-refractivity contribution in [3.05, 3.63) is 101 Å². The van der Waals surface area contributed by atoms with Crippen LogP contribution in [0.5, 0.6) is 0 Å². The van der Waals surface area contributed by atoms with E-state index in [4.69, 9.17) is 11.6 Å². The number of halogens is 1. The second kappa shape index (κ2) is 7.97. The first-order valence-corrected chi connectivity index (χ1v) is 9.99. The van der Waals surface area contributed by atoms with E-state index in [9.17, 15) is 0 Å². The first-order chi connectivity index (χ1) is 14.8. The van der Waals surface area contributed by atoms with Crippen LogP contribution >= 0.6 is 11.6 Å². The fourth-order valence-electron chi connectivity index (χ4n) is 3.61. The maximum Gasteiger partial charge on any atom is 0.176 e. The molecule has 6 heteroatoms. The Kier molecular flexibility index (Phi) is 4.87. The molecule has 0 radical (unpaired) electrons. The molecule has 0 fully saturated rings. The molecule has 30 heavy (non-hydrogen) atoms. The summed E-state index contributed by atoms with van der Waals surface area (Å²) in [5, 5.41) is 15.8. The van der Waals surface area contributed by atoms with Gasteiger partial charge in [0.2, 0.25) is 0 Å². The van der Waals surface area contributed by atoms with Gasteiger partial charge in [0, 0.05) is 40.0 Å². The zero-order valence-electron chi connectivity index (χ0n) is 16.0. The molecule has 2 heterocycles. The highest BCUT2D eigenvalue weighted by Crippen LogP contribution is 2.26. The van der Waals surface area contributed by atoms with Gasteiger partial charge in [0.05, 0.1) is 6.21 Å². The van der Waals surface area contributed by atoms with Crippen LogP contribution in [-0.4, -0.2) is 21.0 Å². The minimum absolute atomic E-state index is 0.379. The number of para-hydroxylation sites is 1. The summed E-state index contributed by atoms with van der Waals surface area (Å²) in [5.74, 6) is 0.569. The molecule has 0 saturated carbocycles. The molecule has 0 aliphatic heterocycles. The largest absolute Gasteiger partial charge is 0.342 e. The average Bonchev–Trinajstić information content (AvgIpc) is 3.14. The molecule has 0 spiro atoms. The van der Waals surface area contributed by atoms with Crippen molar-refractivity contribution in [2.24, 2.45) is 5.10 Å². The van der Waals surface area contributed by atoms with E-state index < -0.39 is 0 Å². The van der Waals surface area contributed by atoms with E-state index >= 15 is 0 Å². The highest BCUT2D eigenvalue weighted by molar-refractivity contribution is 6.34. The molecule has 5 aromatic rings. The van der Waals surface area contributed by atoms with E-state index in [0.717, 1.165) is 28.3 Å². The summed E-state index contributed by atoms with van der Waals surface area (Å²) in [5.41, 5.74) is 6.46. The molecule has 0 aliphatic rings. The molecule has 146 valence electrons. The summed E-state index contributed by atoms with van der Waals surface area (Å²) in [7, 11) is 0. The first-order valence-electron chi connectivity index (χ1n) is 9.61. The number of rotatable bonds is 5. The highest BCUT2D eigenvalue weighted by atomic mass is 35.5. The molecule has 0 saturated heterocycles. The van der Waals surface area contributed by atoms with Crippen molar-refractivity contribution in [2.75, 3.05) is 5.43 Å². The van der Waals surface area contributed by atoms with Gasteiger partial charge in [0.15, 0.2) is 11.0 Å². The van der Waals surface area contributed by atoms with Crippen LogP contribution in [0.1, 0.15) is 11.1 Å². The van der Waals surface area contributed by atoms with E-state index in [1.807, 2.05) is 42.6 Å². The molecule has 5 rings (SSSR count). The third kappa shape index (κ3) is 3.51. The van der Waals surface area contributed by atoms with Crippen molar-refractivity contribution in [2.45, 2.75) is 6.54 Å². The summed E-state index contributed by atoms with van der Waals surface area (Å²) in [6, 6.07) is 26.5. The monoisotopic (exact) mass is 411 g/mol. The van der Waals surface area contributed by atoms with Gasteiger partial charge in [0.25, 0.3) is 0 Å². The molecule has 0 unspecified atom stereocenters. The van der Waals surface area contributed by atoms with Gasteiger partial charge >= 0.3 is 0 Å². The van der Waals surface area contributed by atoms with Crippen LogP contribution in [0.4, 0.5) is 5.82 Å². The Balaban J connectivity index is 1.46. The summed E-state index contributed by atoms with van der Waals surface area (Å²) in [4.78, 5) is 0. The van der Waals surface area contributed by atoms with Gasteiger partial charge in [-0.3, -0.25) is 5.43 Å². The number of nitrogens with one attached hydrogen (secondary N) is 1. The second-order valence-corrected chi connectivity index (χ2v) is 7.33. The smallest absolute Gasteiger partial charge is 0.176 e. The zero-order valence-corrected chi connectivity index (χ0v) is 16.8. The fourth-order valence-corrected chi connectivity index (χ4v) is 3.81. The van der Waals surface area contributed by atoms with Crippen LogP contribution in [0.15, 0.2) is 90.2 Å². The van der Waals surface area contributed by atoms with Gasteiger partial charge in [0.1, 0.15) is 0 Å². The van der Waals surface area contributed by atoms with E-state index in [2.05, 4.69) is 74.0 Å². The number of hydrogen-bond acceptors (Lipinski definition) is 4. The molecule has 5 nitrogen and oxygen atoms in total. The lowest BCUT2D eigenvalue weighted by atomic mass is 10.2. The van der Waals surface area contributed by atoms with Crippen molar-refractivity contribution in [1.82, 2.24) is 14.8 Å². The molecule has 0 atom stereocenters. The Hall–Kier alpha value is -3.70. The molecule has 2 aromatic heterocycles. The summed E-state index contributed by atoms with van der Waals surface area (Å²) in [6.07, 6.45) is 3.93. The van der Waals surface area contributed by atoms with Gasteiger partial charge < -0.3 is 4.57 Å². The number of hydrazone groups is 1. The van der Waals surface area contributed by atoms with Gasteiger partial charge in [-0.25, -0.2) is 0 Å². The summed E-state index contributed by atoms with van der Waals surface area (Å²) in [6.45, 7) is 0.802. The Morgan fingerprint density at radius 1 is 0.833 bits per heavy atom. The molecular formula is C24H18ClN5. The third-order valence-corrected chi connectivity index (χ3v) is 5.31. The number of fused-ring (bicyclic) bond motifs is 2. The minimum Gasteiger partial charge on any atom is -0.342 e. The highest BCUT2D eigenvalue weighted by Gasteiger charge is 2.08. The third-order valence-electron chi connectivity index (χ3n) is 5.03. The summed E-state index contributed by atoms with van der Waals surface area (Å²) < 4.78 is 2.24. The van der Waals surface area contributed by atoms with E-state index in [-0.39, 0.29) is 0 Å². The van der Waals surface area contributed by atoms with Crippen molar-refractivity contribution in [1.29, 1.82) is 0 Å². The Morgan fingerprint density at radius 2 is 1.53 bits per heavy atom. The zero-order chi connectivity index (χ0) is 20.3. The first kappa shape index (κ1) is 18.3. The predicted molar refractivity (Wildman–Crippen MR) is 123 cm³/mol. The standard InChI is InChI=1S/C24H18ClN5/c25-23-20-11-4-5-12-21(20)24(29-27-23)28-26-14-18-16-30(15-17-8-2-1-3-9-17)22-13-7-6-10-19(18)22/h1-14,16H,15H2,(H,28,29)/b26-14+. The number of hydrogen-bond donors (Lipinski definition) is 1. The Bertz CT molecular complexity index is 1360. The van der Waals surface area contributed by atoms with Crippen LogP contribution in [0, 0.1) is 0 Å². The molecular weight excluding hydrogens is 394 g/mol. The van der Waals surface area contributed by atoms with Gasteiger partial charge in [-0.15, -0.1) is 10.2 Å². The summed E-state index contributed by atoms with van der Waals surface area (Å²) >= 11 is 6.15. The lowest BCUT2D eigenvalue weighted by Crippen LogP contribution is -1.98. The van der Waals surface area contributed by atoms with Crippen LogP contribution in [0.3, 0.4) is 0 Å². The maximum atomic E-state index is 6.15. The SMILES string of the molecule is Clc1nnc(N/N=C/c2cn(Cc3ccccc3)c3ccccc23)c2ccccc12. The van der Waals surface area contributed by atoms with E-state index in [1.165, 1.54) is 11.1 Å². The van der Waals surface area contributed by atoms with Crippen LogP contribution < -0.4 is 5.43 Å². The Labute approximate surface area is 178 Å². The van der Waals surface area contributed by atoms with Crippen molar-refractivity contribution >= 4 is 45.3 Å². The Morgan fingerprint density at radius 3 is 2.37 bits per heavy atom. The quantitative estimate of drug-likeness (QED) is 0.296. The van der Waals surface area contributed by atoms with Crippen LogP contribution in [0.25, 0.3) is 21.7 Å². The molecule has 0 aliphatic carbocycles. The molecule has 0 amide bonds.